The summed E-state index contributed by atoms with van der Waals surface area (Å²) in [6, 6.07) is 8.18. The van der Waals surface area contributed by atoms with E-state index in [0.717, 1.165) is 18.5 Å². The van der Waals surface area contributed by atoms with E-state index >= 15 is 0 Å². The molecule has 0 spiro atoms. The summed E-state index contributed by atoms with van der Waals surface area (Å²) in [5.74, 6) is 0. The van der Waals surface area contributed by atoms with Crippen LogP contribution in [0.15, 0.2) is 36.7 Å². The molecule has 1 heterocycles. The molecule has 2 aromatic rings. The Bertz CT molecular complexity index is 471. The second-order valence-corrected chi connectivity index (χ2v) is 4.05. The molecular weight excluding hydrogens is 188 g/mol. The Labute approximate surface area is 87.7 Å². The molecule has 1 aliphatic rings. The number of nitrogens with zero attached hydrogens (tertiary/aromatic N) is 3. The molecule has 0 bridgehead atoms. The van der Waals surface area contributed by atoms with Crippen molar-refractivity contribution in [2.75, 3.05) is 0 Å². The third kappa shape index (κ3) is 1.43. The van der Waals surface area contributed by atoms with E-state index in [4.69, 9.17) is 5.73 Å². The van der Waals surface area contributed by atoms with Crippen molar-refractivity contribution in [3.8, 4) is 5.69 Å². The van der Waals surface area contributed by atoms with Crippen LogP contribution >= 0.6 is 0 Å². The Hall–Kier alpha value is -1.68. The lowest BCUT2D eigenvalue weighted by atomic mass is 10.1. The molecule has 0 saturated heterocycles. The zero-order valence-electron chi connectivity index (χ0n) is 8.30. The van der Waals surface area contributed by atoms with Crippen LogP contribution in [0.4, 0.5) is 0 Å². The molecular formula is C11H12N4. The van der Waals surface area contributed by atoms with Crippen LogP contribution in [0.25, 0.3) is 5.69 Å². The molecule has 0 atom stereocenters. The van der Waals surface area contributed by atoms with Crippen molar-refractivity contribution < 1.29 is 0 Å². The summed E-state index contributed by atoms with van der Waals surface area (Å²) in [5, 5.41) is 7.74. The van der Waals surface area contributed by atoms with Gasteiger partial charge >= 0.3 is 0 Å². The predicted octanol–water partition coefficient (Wildman–Crippen LogP) is 1.22. The lowest BCUT2D eigenvalue weighted by Gasteiger charge is -2.10. The smallest absolute Gasteiger partial charge is 0.0697 e. The summed E-state index contributed by atoms with van der Waals surface area (Å²) in [6.07, 6.45) is 5.65. The zero-order chi connectivity index (χ0) is 10.3. The van der Waals surface area contributed by atoms with Gasteiger partial charge in [0.2, 0.25) is 0 Å². The maximum Gasteiger partial charge on any atom is 0.0697 e. The number of nitrogens with two attached hydrogens (primary N) is 1. The monoisotopic (exact) mass is 200 g/mol. The Morgan fingerprint density at radius 2 is 2.20 bits per heavy atom. The molecule has 0 radical (unpaired) electrons. The van der Waals surface area contributed by atoms with Crippen LogP contribution in [-0.2, 0) is 5.54 Å². The van der Waals surface area contributed by atoms with Crippen LogP contribution in [-0.4, -0.2) is 15.0 Å². The fourth-order valence-corrected chi connectivity index (χ4v) is 1.73. The molecule has 0 aliphatic heterocycles. The van der Waals surface area contributed by atoms with Crippen LogP contribution in [0.2, 0.25) is 0 Å². The van der Waals surface area contributed by atoms with Gasteiger partial charge < -0.3 is 5.73 Å². The van der Waals surface area contributed by atoms with Crippen molar-refractivity contribution in [3.63, 3.8) is 0 Å². The van der Waals surface area contributed by atoms with Crippen LogP contribution in [0.5, 0.6) is 0 Å². The van der Waals surface area contributed by atoms with E-state index in [0.29, 0.717) is 0 Å². The summed E-state index contributed by atoms with van der Waals surface area (Å²) in [7, 11) is 0. The standard InChI is InChI=1S/C11H12N4/c12-11(4-5-11)9-2-1-3-10(8-9)15-7-6-13-14-15/h1-3,6-8H,4-5,12H2. The molecule has 4 nitrogen and oxygen atoms in total. The van der Waals surface area contributed by atoms with Gasteiger partial charge in [-0.1, -0.05) is 17.3 Å². The first-order valence-electron chi connectivity index (χ1n) is 5.04. The molecule has 0 amide bonds. The highest BCUT2D eigenvalue weighted by Crippen LogP contribution is 2.42. The van der Waals surface area contributed by atoms with Gasteiger partial charge in [-0.05, 0) is 30.5 Å². The molecule has 0 unspecified atom stereocenters. The van der Waals surface area contributed by atoms with E-state index in [1.54, 1.807) is 10.9 Å². The van der Waals surface area contributed by atoms with Gasteiger partial charge in [-0.3, -0.25) is 0 Å². The first-order valence-corrected chi connectivity index (χ1v) is 5.04. The normalized spacial score (nSPS) is 17.7. The maximum absolute atomic E-state index is 6.14. The van der Waals surface area contributed by atoms with Gasteiger partial charge in [0, 0.05) is 5.54 Å². The molecule has 76 valence electrons. The quantitative estimate of drug-likeness (QED) is 0.792. The van der Waals surface area contributed by atoms with E-state index in [1.165, 1.54) is 5.56 Å². The van der Waals surface area contributed by atoms with Gasteiger partial charge in [-0.25, -0.2) is 4.68 Å². The van der Waals surface area contributed by atoms with Crippen LogP contribution in [0, 0.1) is 0 Å². The molecule has 4 heteroatoms. The molecule has 2 N–H and O–H groups in total. The van der Waals surface area contributed by atoms with Crippen LogP contribution in [0.1, 0.15) is 18.4 Å². The lowest BCUT2D eigenvalue weighted by Crippen LogP contribution is -2.18. The molecule has 1 aliphatic carbocycles. The van der Waals surface area contributed by atoms with E-state index in [9.17, 15) is 0 Å². The van der Waals surface area contributed by atoms with Gasteiger partial charge in [0.1, 0.15) is 0 Å². The first kappa shape index (κ1) is 8.61. The molecule has 1 aromatic carbocycles. The highest BCUT2D eigenvalue weighted by atomic mass is 15.4. The Balaban J connectivity index is 2.04. The van der Waals surface area contributed by atoms with Crippen molar-refractivity contribution in [1.82, 2.24) is 15.0 Å². The Morgan fingerprint density at radius 3 is 2.87 bits per heavy atom. The van der Waals surface area contributed by atoms with E-state index < -0.39 is 0 Å². The summed E-state index contributed by atoms with van der Waals surface area (Å²) < 4.78 is 1.75. The SMILES string of the molecule is NC1(c2cccc(-n3ccnn3)c2)CC1. The van der Waals surface area contributed by atoms with Gasteiger partial charge in [0.05, 0.1) is 18.1 Å². The van der Waals surface area contributed by atoms with E-state index in [2.05, 4.69) is 22.4 Å². The number of hydrogen-bond acceptors (Lipinski definition) is 3. The van der Waals surface area contributed by atoms with Crippen molar-refractivity contribution in [2.24, 2.45) is 5.73 Å². The van der Waals surface area contributed by atoms with Crippen molar-refractivity contribution >= 4 is 0 Å². The fraction of sp³-hybridized carbons (Fsp3) is 0.273. The number of hydrogen-bond donors (Lipinski definition) is 1. The van der Waals surface area contributed by atoms with Crippen molar-refractivity contribution in [3.05, 3.63) is 42.2 Å². The summed E-state index contributed by atoms with van der Waals surface area (Å²) in [5.41, 5.74) is 8.26. The van der Waals surface area contributed by atoms with E-state index in [1.807, 2.05) is 18.3 Å². The third-order valence-electron chi connectivity index (χ3n) is 2.90. The van der Waals surface area contributed by atoms with Crippen LogP contribution < -0.4 is 5.73 Å². The van der Waals surface area contributed by atoms with Gasteiger partial charge in [-0.15, -0.1) is 5.10 Å². The van der Waals surface area contributed by atoms with E-state index in [-0.39, 0.29) is 5.54 Å². The summed E-state index contributed by atoms with van der Waals surface area (Å²) in [4.78, 5) is 0. The number of benzene rings is 1. The van der Waals surface area contributed by atoms with Gasteiger partial charge in [-0.2, -0.15) is 0 Å². The highest BCUT2D eigenvalue weighted by Gasteiger charge is 2.39. The van der Waals surface area contributed by atoms with Crippen LogP contribution in [0.3, 0.4) is 0 Å². The lowest BCUT2D eigenvalue weighted by molar-refractivity contribution is 0.733. The predicted molar refractivity (Wildman–Crippen MR) is 56.5 cm³/mol. The first-order chi connectivity index (χ1) is 7.28. The summed E-state index contributed by atoms with van der Waals surface area (Å²) in [6.45, 7) is 0. The third-order valence-corrected chi connectivity index (χ3v) is 2.90. The number of rotatable bonds is 2. The minimum atomic E-state index is -0.0867. The van der Waals surface area contributed by atoms with Gasteiger partial charge in [0.25, 0.3) is 0 Å². The summed E-state index contributed by atoms with van der Waals surface area (Å²) >= 11 is 0. The molecule has 3 rings (SSSR count). The Kier molecular flexibility index (Phi) is 1.67. The molecule has 1 fully saturated rings. The average molecular weight is 200 g/mol. The Morgan fingerprint density at radius 1 is 1.33 bits per heavy atom. The van der Waals surface area contributed by atoms with Gasteiger partial charge in [0.15, 0.2) is 0 Å². The average Bonchev–Trinajstić information content (AvgIpc) is 2.84. The minimum absolute atomic E-state index is 0.0867. The highest BCUT2D eigenvalue weighted by molar-refractivity contribution is 5.40. The molecule has 1 aromatic heterocycles. The number of aromatic nitrogens is 3. The van der Waals surface area contributed by atoms with Crippen molar-refractivity contribution in [1.29, 1.82) is 0 Å². The molecule has 15 heavy (non-hydrogen) atoms. The maximum atomic E-state index is 6.14. The minimum Gasteiger partial charge on any atom is -0.321 e. The van der Waals surface area contributed by atoms with Crippen molar-refractivity contribution in [2.45, 2.75) is 18.4 Å². The second kappa shape index (κ2) is 2.90. The topological polar surface area (TPSA) is 56.7 Å². The molecule has 1 saturated carbocycles. The largest absolute Gasteiger partial charge is 0.321 e. The second-order valence-electron chi connectivity index (χ2n) is 4.05. The fourth-order valence-electron chi connectivity index (χ4n) is 1.73. The zero-order valence-corrected chi connectivity index (χ0v) is 8.30.